The lowest BCUT2D eigenvalue weighted by atomic mass is 9.97. The third kappa shape index (κ3) is 3.75. The van der Waals surface area contributed by atoms with Crippen LogP contribution in [0.5, 0.6) is 17.2 Å². The summed E-state index contributed by atoms with van der Waals surface area (Å²) >= 11 is 0. The van der Waals surface area contributed by atoms with E-state index in [4.69, 9.17) is 9.47 Å². The first-order valence-electron chi connectivity index (χ1n) is 7.99. The van der Waals surface area contributed by atoms with E-state index in [2.05, 4.69) is 0 Å². The molecule has 3 aromatic rings. The molecule has 0 spiro atoms. The fraction of sp³-hybridized carbons (Fsp3) is 0.143. The van der Waals surface area contributed by atoms with Crippen LogP contribution >= 0.6 is 0 Å². The molecule has 0 radical (unpaired) electrons. The van der Waals surface area contributed by atoms with Crippen molar-refractivity contribution in [3.8, 4) is 28.4 Å². The molecule has 0 aliphatic heterocycles. The van der Waals surface area contributed by atoms with Gasteiger partial charge in [0.05, 0.1) is 25.9 Å². The van der Waals surface area contributed by atoms with Gasteiger partial charge in [0.15, 0.2) is 0 Å². The molecule has 0 fully saturated rings. The highest BCUT2D eigenvalue weighted by Crippen LogP contribution is 2.43. The van der Waals surface area contributed by atoms with Crippen molar-refractivity contribution in [1.82, 2.24) is 0 Å². The van der Waals surface area contributed by atoms with Gasteiger partial charge in [0.2, 0.25) is 0 Å². The summed E-state index contributed by atoms with van der Waals surface area (Å²) in [5.41, 5.74) is 2.89. The van der Waals surface area contributed by atoms with E-state index in [1.165, 1.54) is 12.1 Å². The summed E-state index contributed by atoms with van der Waals surface area (Å²) in [5, 5.41) is 20.5. The third-order valence-corrected chi connectivity index (χ3v) is 3.97. The first-order chi connectivity index (χ1) is 12.2. The summed E-state index contributed by atoms with van der Waals surface area (Å²) in [6.07, 6.45) is 0. The monoisotopic (exact) mass is 336 g/mol. The number of phenols is 2. The maximum Gasteiger partial charge on any atom is 0.127 e. The normalized spacial score (nSPS) is 10.6. The molecule has 4 nitrogen and oxygen atoms in total. The van der Waals surface area contributed by atoms with E-state index in [1.54, 1.807) is 19.2 Å². The van der Waals surface area contributed by atoms with Crippen molar-refractivity contribution < 1.29 is 19.7 Å². The minimum Gasteiger partial charge on any atom is -0.507 e. The summed E-state index contributed by atoms with van der Waals surface area (Å²) < 4.78 is 11.3. The molecule has 0 aromatic heterocycles. The quantitative estimate of drug-likeness (QED) is 0.696. The highest BCUT2D eigenvalue weighted by Gasteiger charge is 2.18. The zero-order valence-corrected chi connectivity index (χ0v) is 14.0. The number of phenolic OH excluding ortho intramolecular Hbond substituents is 2. The van der Waals surface area contributed by atoms with Gasteiger partial charge in [-0.05, 0) is 29.3 Å². The van der Waals surface area contributed by atoms with Crippen LogP contribution in [-0.4, -0.2) is 17.3 Å². The van der Waals surface area contributed by atoms with E-state index in [9.17, 15) is 10.2 Å². The van der Waals surface area contributed by atoms with Crippen molar-refractivity contribution in [1.29, 1.82) is 0 Å². The van der Waals surface area contributed by atoms with Crippen molar-refractivity contribution in [2.75, 3.05) is 7.11 Å². The van der Waals surface area contributed by atoms with Gasteiger partial charge in [0.25, 0.3) is 0 Å². The molecule has 128 valence electrons. The SMILES string of the molecule is COc1cccc(COCc2ccccc2)c1-c1c(O)cccc1O. The van der Waals surface area contributed by atoms with Crippen molar-refractivity contribution in [2.45, 2.75) is 13.2 Å². The van der Waals surface area contributed by atoms with Crippen molar-refractivity contribution in [3.05, 3.63) is 77.9 Å². The van der Waals surface area contributed by atoms with Gasteiger partial charge in [0, 0.05) is 5.56 Å². The molecule has 0 aliphatic rings. The smallest absolute Gasteiger partial charge is 0.127 e. The third-order valence-electron chi connectivity index (χ3n) is 3.97. The Kier molecular flexibility index (Phi) is 5.21. The maximum atomic E-state index is 10.2. The van der Waals surface area contributed by atoms with Crippen LogP contribution in [0.25, 0.3) is 11.1 Å². The Morgan fingerprint density at radius 2 is 1.40 bits per heavy atom. The summed E-state index contributed by atoms with van der Waals surface area (Å²) in [5.74, 6) is 0.556. The lowest BCUT2D eigenvalue weighted by Crippen LogP contribution is -1.99. The molecule has 3 aromatic carbocycles. The Labute approximate surface area is 146 Å². The topological polar surface area (TPSA) is 58.9 Å². The molecule has 2 N–H and O–H groups in total. The molecule has 0 aliphatic carbocycles. The van der Waals surface area contributed by atoms with E-state index >= 15 is 0 Å². The van der Waals surface area contributed by atoms with Crippen LogP contribution < -0.4 is 4.74 Å². The van der Waals surface area contributed by atoms with Crippen molar-refractivity contribution in [3.63, 3.8) is 0 Å². The predicted octanol–water partition coefficient (Wildman–Crippen LogP) is 4.49. The number of rotatable bonds is 6. The molecule has 25 heavy (non-hydrogen) atoms. The molecule has 0 unspecified atom stereocenters. The van der Waals surface area contributed by atoms with E-state index in [1.807, 2.05) is 42.5 Å². The predicted molar refractivity (Wildman–Crippen MR) is 96.7 cm³/mol. The van der Waals surface area contributed by atoms with E-state index in [0.29, 0.717) is 30.1 Å². The summed E-state index contributed by atoms with van der Waals surface area (Å²) in [4.78, 5) is 0. The molecular formula is C21H20O4. The van der Waals surface area contributed by atoms with Gasteiger partial charge in [-0.1, -0.05) is 48.5 Å². The van der Waals surface area contributed by atoms with E-state index in [0.717, 1.165) is 11.1 Å². The second-order valence-electron chi connectivity index (χ2n) is 5.64. The first-order valence-corrected chi connectivity index (χ1v) is 7.99. The van der Waals surface area contributed by atoms with E-state index < -0.39 is 0 Å². The number of hydrogen-bond donors (Lipinski definition) is 2. The maximum absolute atomic E-state index is 10.2. The number of benzene rings is 3. The van der Waals surface area contributed by atoms with Gasteiger partial charge in [-0.25, -0.2) is 0 Å². The summed E-state index contributed by atoms with van der Waals surface area (Å²) in [6.45, 7) is 0.805. The number of ether oxygens (including phenoxy) is 2. The zero-order chi connectivity index (χ0) is 17.6. The van der Waals surface area contributed by atoms with Gasteiger partial charge < -0.3 is 19.7 Å². The van der Waals surface area contributed by atoms with Gasteiger partial charge >= 0.3 is 0 Å². The second kappa shape index (κ2) is 7.73. The summed E-state index contributed by atoms with van der Waals surface area (Å²) in [6, 6.07) is 20.1. The Morgan fingerprint density at radius 3 is 2.08 bits per heavy atom. The molecule has 0 saturated heterocycles. The van der Waals surface area contributed by atoms with Gasteiger partial charge in [-0.15, -0.1) is 0 Å². The molecule has 0 atom stereocenters. The zero-order valence-electron chi connectivity index (χ0n) is 14.0. The molecule has 0 amide bonds. The first kappa shape index (κ1) is 16.9. The highest BCUT2D eigenvalue weighted by molar-refractivity contribution is 5.82. The largest absolute Gasteiger partial charge is 0.507 e. The molecule has 4 heteroatoms. The van der Waals surface area contributed by atoms with Gasteiger partial charge in [-0.2, -0.15) is 0 Å². The van der Waals surface area contributed by atoms with Crippen LogP contribution in [-0.2, 0) is 18.0 Å². The van der Waals surface area contributed by atoms with Crippen molar-refractivity contribution >= 4 is 0 Å². The van der Waals surface area contributed by atoms with Crippen LogP contribution in [0.1, 0.15) is 11.1 Å². The van der Waals surface area contributed by atoms with Crippen LogP contribution in [0.15, 0.2) is 66.7 Å². The van der Waals surface area contributed by atoms with Gasteiger partial charge in [-0.3, -0.25) is 0 Å². The van der Waals surface area contributed by atoms with E-state index in [-0.39, 0.29) is 11.5 Å². The molecule has 3 rings (SSSR count). The Morgan fingerprint density at radius 1 is 0.720 bits per heavy atom. The minimum atomic E-state index is -0.00573. The minimum absolute atomic E-state index is 0.00573. The van der Waals surface area contributed by atoms with Crippen LogP contribution in [0, 0.1) is 0 Å². The average molecular weight is 336 g/mol. The van der Waals surface area contributed by atoms with Crippen LogP contribution in [0.4, 0.5) is 0 Å². The Bertz CT molecular complexity index is 824. The highest BCUT2D eigenvalue weighted by atomic mass is 16.5. The number of hydrogen-bond acceptors (Lipinski definition) is 4. The van der Waals surface area contributed by atoms with Gasteiger partial charge in [0.1, 0.15) is 17.2 Å². The second-order valence-corrected chi connectivity index (χ2v) is 5.64. The Balaban J connectivity index is 1.92. The summed E-state index contributed by atoms with van der Waals surface area (Å²) in [7, 11) is 1.56. The lowest BCUT2D eigenvalue weighted by Gasteiger charge is -2.16. The lowest BCUT2D eigenvalue weighted by molar-refractivity contribution is 0.107. The fourth-order valence-corrected chi connectivity index (χ4v) is 2.79. The molecule has 0 saturated carbocycles. The molecule has 0 heterocycles. The standard InChI is InChI=1S/C21H20O4/c1-24-19-12-5-9-16(14-25-13-15-7-3-2-4-8-15)20(19)21-17(22)10-6-11-18(21)23/h2-12,22-23H,13-14H2,1H3. The van der Waals surface area contributed by atoms with Crippen LogP contribution in [0.3, 0.4) is 0 Å². The van der Waals surface area contributed by atoms with Crippen molar-refractivity contribution in [2.24, 2.45) is 0 Å². The number of methoxy groups -OCH3 is 1. The molecular weight excluding hydrogens is 316 g/mol. The molecule has 0 bridgehead atoms. The Hall–Kier alpha value is -2.98. The average Bonchev–Trinajstić information content (AvgIpc) is 2.63. The fourth-order valence-electron chi connectivity index (χ4n) is 2.79. The number of aromatic hydroxyl groups is 2. The van der Waals surface area contributed by atoms with Crippen LogP contribution in [0.2, 0.25) is 0 Å².